The zero-order chi connectivity index (χ0) is 17.4. The van der Waals surface area contributed by atoms with Crippen molar-refractivity contribution < 1.29 is 4.79 Å². The number of aromatic nitrogens is 2. The number of rotatable bonds is 4. The van der Waals surface area contributed by atoms with Crippen LogP contribution in [0.1, 0.15) is 35.0 Å². The molecule has 0 bridgehead atoms. The predicted molar refractivity (Wildman–Crippen MR) is 112 cm³/mol. The molecule has 1 aromatic carbocycles. The van der Waals surface area contributed by atoms with Gasteiger partial charge in [0.25, 0.3) is 0 Å². The van der Waals surface area contributed by atoms with Gasteiger partial charge >= 0.3 is 0 Å². The summed E-state index contributed by atoms with van der Waals surface area (Å²) < 4.78 is 0. The second kappa shape index (κ2) is 9.09. The molecule has 0 aliphatic carbocycles. The van der Waals surface area contributed by atoms with Crippen LogP contribution in [0.25, 0.3) is 0 Å². The Morgan fingerprint density at radius 3 is 2.59 bits per heavy atom. The van der Waals surface area contributed by atoms with Gasteiger partial charge in [0.15, 0.2) is 0 Å². The van der Waals surface area contributed by atoms with E-state index in [2.05, 4.69) is 51.6 Å². The molecule has 1 amide bonds. The highest BCUT2D eigenvalue weighted by Crippen LogP contribution is 2.42. The first kappa shape index (κ1) is 21.7. The SMILES string of the molecule is Cc1[nH]nc(CCC(=O)N2C[C@@H]3CNC[C@@H]3[C@H]2c2ccccc2)c1C.Cl.Cl. The average molecular weight is 411 g/mol. The number of carbonyl (C=O) groups excluding carboxylic acids is 1. The Morgan fingerprint density at radius 2 is 1.93 bits per heavy atom. The Balaban J connectivity index is 0.00000131. The molecule has 2 aliphatic heterocycles. The van der Waals surface area contributed by atoms with Gasteiger partial charge in [-0.15, -0.1) is 24.8 Å². The van der Waals surface area contributed by atoms with E-state index in [1.54, 1.807) is 0 Å². The van der Waals surface area contributed by atoms with E-state index in [1.807, 2.05) is 13.0 Å². The van der Waals surface area contributed by atoms with Gasteiger partial charge in [0.1, 0.15) is 0 Å². The molecule has 0 unspecified atom stereocenters. The Hall–Kier alpha value is -1.56. The minimum atomic E-state index is 0. The van der Waals surface area contributed by atoms with Crippen molar-refractivity contribution in [3.63, 3.8) is 0 Å². The third kappa shape index (κ3) is 4.15. The summed E-state index contributed by atoms with van der Waals surface area (Å²) in [5, 5.41) is 10.9. The third-order valence-corrected chi connectivity index (χ3v) is 5.96. The van der Waals surface area contributed by atoms with Crippen LogP contribution in [0.15, 0.2) is 30.3 Å². The van der Waals surface area contributed by atoms with Crippen LogP contribution >= 0.6 is 24.8 Å². The van der Waals surface area contributed by atoms with E-state index in [1.165, 1.54) is 11.1 Å². The highest BCUT2D eigenvalue weighted by molar-refractivity contribution is 5.85. The number of carbonyl (C=O) groups is 1. The zero-order valence-electron chi connectivity index (χ0n) is 15.8. The topological polar surface area (TPSA) is 61.0 Å². The van der Waals surface area contributed by atoms with E-state index in [0.717, 1.165) is 31.0 Å². The summed E-state index contributed by atoms with van der Waals surface area (Å²) in [6.07, 6.45) is 1.24. The number of likely N-dealkylation sites (tertiary alicyclic amines) is 1. The second-order valence-electron chi connectivity index (χ2n) is 7.40. The van der Waals surface area contributed by atoms with Gasteiger partial charge in [-0.3, -0.25) is 9.89 Å². The largest absolute Gasteiger partial charge is 0.335 e. The fourth-order valence-corrected chi connectivity index (χ4v) is 4.40. The molecule has 2 aliphatic rings. The highest BCUT2D eigenvalue weighted by Gasteiger charge is 2.46. The lowest BCUT2D eigenvalue weighted by molar-refractivity contribution is -0.132. The van der Waals surface area contributed by atoms with Crippen LogP contribution in [0.4, 0.5) is 0 Å². The number of fused-ring (bicyclic) bond motifs is 1. The van der Waals surface area contributed by atoms with Crippen LogP contribution in [0.5, 0.6) is 0 Å². The predicted octanol–water partition coefficient (Wildman–Crippen LogP) is 3.22. The molecule has 0 saturated carbocycles. The number of benzene rings is 1. The number of halogens is 2. The second-order valence-corrected chi connectivity index (χ2v) is 7.40. The highest BCUT2D eigenvalue weighted by atomic mass is 35.5. The van der Waals surface area contributed by atoms with Crippen molar-refractivity contribution in [3.05, 3.63) is 52.8 Å². The Labute approximate surface area is 173 Å². The summed E-state index contributed by atoms with van der Waals surface area (Å²) >= 11 is 0. The van der Waals surface area contributed by atoms with Crippen molar-refractivity contribution in [1.82, 2.24) is 20.4 Å². The van der Waals surface area contributed by atoms with E-state index in [4.69, 9.17) is 0 Å². The van der Waals surface area contributed by atoms with Gasteiger partial charge in [-0.25, -0.2) is 0 Å². The molecule has 148 valence electrons. The molecule has 7 heteroatoms. The van der Waals surface area contributed by atoms with Crippen molar-refractivity contribution in [3.8, 4) is 0 Å². The first-order valence-electron chi connectivity index (χ1n) is 9.20. The van der Waals surface area contributed by atoms with Crippen molar-refractivity contribution >= 4 is 30.7 Å². The third-order valence-electron chi connectivity index (χ3n) is 5.96. The number of amides is 1. The molecule has 2 aromatic rings. The molecule has 2 fully saturated rings. The summed E-state index contributed by atoms with van der Waals surface area (Å²) in [4.78, 5) is 15.1. The van der Waals surface area contributed by atoms with Crippen LogP contribution in [0.3, 0.4) is 0 Å². The van der Waals surface area contributed by atoms with Crippen LogP contribution in [0, 0.1) is 25.7 Å². The van der Waals surface area contributed by atoms with Crippen molar-refractivity contribution in [2.24, 2.45) is 11.8 Å². The summed E-state index contributed by atoms with van der Waals surface area (Å²) in [5.41, 5.74) is 4.54. The molecular weight excluding hydrogens is 383 g/mol. The average Bonchev–Trinajstić information content (AvgIpc) is 3.30. The molecule has 0 spiro atoms. The number of nitrogens with one attached hydrogen (secondary N) is 2. The van der Waals surface area contributed by atoms with Crippen LogP contribution in [0.2, 0.25) is 0 Å². The first-order valence-corrected chi connectivity index (χ1v) is 9.20. The maximum atomic E-state index is 13.0. The quantitative estimate of drug-likeness (QED) is 0.812. The molecule has 4 rings (SSSR count). The van der Waals surface area contributed by atoms with Gasteiger partial charge in [0.05, 0.1) is 11.7 Å². The first-order chi connectivity index (χ1) is 12.1. The van der Waals surface area contributed by atoms with E-state index < -0.39 is 0 Å². The Kier molecular flexibility index (Phi) is 7.32. The molecule has 3 heterocycles. The lowest BCUT2D eigenvalue weighted by atomic mass is 9.89. The number of hydrogen-bond acceptors (Lipinski definition) is 3. The maximum Gasteiger partial charge on any atom is 0.223 e. The summed E-state index contributed by atoms with van der Waals surface area (Å²) in [5.74, 6) is 1.35. The van der Waals surface area contributed by atoms with E-state index in [9.17, 15) is 4.79 Å². The molecular formula is C20H28Cl2N4O. The molecule has 2 saturated heterocycles. The summed E-state index contributed by atoms with van der Waals surface area (Å²) in [7, 11) is 0. The van der Waals surface area contributed by atoms with Crippen LogP contribution in [-0.2, 0) is 11.2 Å². The fourth-order valence-electron chi connectivity index (χ4n) is 4.40. The number of H-pyrrole nitrogens is 1. The minimum absolute atomic E-state index is 0. The smallest absolute Gasteiger partial charge is 0.223 e. The van der Waals surface area contributed by atoms with Crippen molar-refractivity contribution in [1.29, 1.82) is 0 Å². The Bertz CT molecular complexity index is 765. The van der Waals surface area contributed by atoms with Gasteiger partial charge < -0.3 is 10.2 Å². The molecule has 0 radical (unpaired) electrons. The summed E-state index contributed by atoms with van der Waals surface area (Å²) in [6, 6.07) is 10.7. The van der Waals surface area contributed by atoms with Gasteiger partial charge in [-0.2, -0.15) is 5.10 Å². The van der Waals surface area contributed by atoms with Crippen molar-refractivity contribution in [2.45, 2.75) is 32.7 Å². The summed E-state index contributed by atoms with van der Waals surface area (Å²) in [6.45, 7) is 6.99. The monoisotopic (exact) mass is 410 g/mol. The van der Waals surface area contributed by atoms with Gasteiger partial charge in [0, 0.05) is 44.1 Å². The molecule has 27 heavy (non-hydrogen) atoms. The van der Waals surface area contributed by atoms with Gasteiger partial charge in [-0.1, -0.05) is 30.3 Å². The molecule has 5 nitrogen and oxygen atoms in total. The van der Waals surface area contributed by atoms with Crippen molar-refractivity contribution in [2.75, 3.05) is 19.6 Å². The van der Waals surface area contributed by atoms with Gasteiger partial charge in [-0.05, 0) is 30.9 Å². The van der Waals surface area contributed by atoms with E-state index in [-0.39, 0.29) is 36.8 Å². The minimum Gasteiger partial charge on any atom is -0.335 e. The standard InChI is InChI=1S/C20H26N4O.2ClH/c1-13-14(2)22-23-18(13)8-9-19(25)24-12-16-10-21-11-17(16)20(24)15-6-4-3-5-7-15;;/h3-7,16-17,20-21H,8-12H2,1-2H3,(H,22,23);2*1H/t16-,17-,20+;;/m0../s1. The van der Waals surface area contributed by atoms with E-state index >= 15 is 0 Å². The lowest BCUT2D eigenvalue weighted by Crippen LogP contribution is -2.34. The molecule has 1 aromatic heterocycles. The molecule has 3 atom stereocenters. The number of hydrogen-bond donors (Lipinski definition) is 2. The van der Waals surface area contributed by atoms with Crippen LogP contribution in [-0.4, -0.2) is 40.6 Å². The maximum absolute atomic E-state index is 13.0. The Morgan fingerprint density at radius 1 is 1.19 bits per heavy atom. The number of aromatic amines is 1. The molecule has 2 N–H and O–H groups in total. The lowest BCUT2D eigenvalue weighted by Gasteiger charge is -2.28. The number of nitrogens with zero attached hydrogens (tertiary/aromatic N) is 2. The fraction of sp³-hybridized carbons (Fsp3) is 0.500. The van der Waals surface area contributed by atoms with E-state index in [0.29, 0.717) is 24.7 Å². The number of aryl methyl sites for hydroxylation is 2. The van der Waals surface area contributed by atoms with Crippen LogP contribution < -0.4 is 5.32 Å². The van der Waals surface area contributed by atoms with Gasteiger partial charge in [0.2, 0.25) is 5.91 Å². The zero-order valence-corrected chi connectivity index (χ0v) is 17.4. The normalized spacial score (nSPS) is 23.5.